The van der Waals surface area contributed by atoms with Crippen molar-refractivity contribution < 1.29 is 0 Å². The van der Waals surface area contributed by atoms with Crippen molar-refractivity contribution in [3.8, 4) is 0 Å². The number of aromatic nitrogens is 1. The fraction of sp³-hybridized carbons (Fsp3) is 0.188. The Morgan fingerprint density at radius 2 is 2.20 bits per heavy atom. The highest BCUT2D eigenvalue weighted by molar-refractivity contribution is 7.17. The number of pyridine rings is 1. The predicted molar refractivity (Wildman–Crippen MR) is 86.6 cm³/mol. The third-order valence-electron chi connectivity index (χ3n) is 3.40. The number of likely N-dealkylation sites (N-methyl/N-ethyl adjacent to an activating group) is 1. The van der Waals surface area contributed by atoms with Crippen molar-refractivity contribution in [2.45, 2.75) is 12.5 Å². The van der Waals surface area contributed by atoms with Crippen LogP contribution >= 0.6 is 22.9 Å². The first kappa shape index (κ1) is 13.6. The molecule has 1 unspecified atom stereocenters. The van der Waals surface area contributed by atoms with Crippen molar-refractivity contribution in [2.75, 3.05) is 7.05 Å². The lowest BCUT2D eigenvalue weighted by atomic mass is 10.0. The van der Waals surface area contributed by atoms with Crippen LogP contribution in [-0.4, -0.2) is 12.0 Å². The van der Waals surface area contributed by atoms with Gasteiger partial charge in [0.2, 0.25) is 0 Å². The molecule has 0 aliphatic rings. The van der Waals surface area contributed by atoms with Gasteiger partial charge in [0.15, 0.2) is 0 Å². The van der Waals surface area contributed by atoms with Crippen LogP contribution in [0.25, 0.3) is 10.2 Å². The maximum absolute atomic E-state index is 6.05. The molecule has 0 aliphatic heterocycles. The Morgan fingerprint density at radius 1 is 1.30 bits per heavy atom. The average Bonchev–Trinajstić information content (AvgIpc) is 2.92. The lowest BCUT2D eigenvalue weighted by molar-refractivity contribution is 0.591. The van der Waals surface area contributed by atoms with E-state index in [1.54, 1.807) is 11.3 Å². The molecule has 0 spiro atoms. The van der Waals surface area contributed by atoms with Crippen molar-refractivity contribution in [2.24, 2.45) is 0 Å². The van der Waals surface area contributed by atoms with Gasteiger partial charge in [0.1, 0.15) is 0 Å². The summed E-state index contributed by atoms with van der Waals surface area (Å²) in [7, 11) is 1.98. The summed E-state index contributed by atoms with van der Waals surface area (Å²) in [6.07, 6.45) is 2.86. The van der Waals surface area contributed by atoms with Gasteiger partial charge >= 0.3 is 0 Å². The lowest BCUT2D eigenvalue weighted by Gasteiger charge is -2.16. The summed E-state index contributed by atoms with van der Waals surface area (Å²) in [6.45, 7) is 0. The Balaban J connectivity index is 1.88. The average molecular weight is 303 g/mol. The monoisotopic (exact) mass is 302 g/mol. The topological polar surface area (TPSA) is 24.9 Å². The molecule has 1 aromatic carbocycles. The summed E-state index contributed by atoms with van der Waals surface area (Å²) in [5.74, 6) is 0. The van der Waals surface area contributed by atoms with Crippen LogP contribution in [0.1, 0.15) is 17.2 Å². The molecule has 4 heteroatoms. The number of rotatable bonds is 4. The second kappa shape index (κ2) is 5.92. The normalized spacial score (nSPS) is 12.7. The zero-order valence-corrected chi connectivity index (χ0v) is 12.7. The van der Waals surface area contributed by atoms with Gasteiger partial charge in [-0.05, 0) is 54.2 Å². The molecule has 0 fully saturated rings. The number of fused-ring (bicyclic) bond motifs is 1. The molecule has 0 bridgehead atoms. The van der Waals surface area contributed by atoms with Gasteiger partial charge in [0.25, 0.3) is 0 Å². The number of nitrogens with zero attached hydrogens (tertiary/aromatic N) is 1. The van der Waals surface area contributed by atoms with Crippen molar-refractivity contribution in [3.05, 3.63) is 64.1 Å². The van der Waals surface area contributed by atoms with Crippen LogP contribution in [-0.2, 0) is 6.42 Å². The van der Waals surface area contributed by atoms with Crippen molar-refractivity contribution in [1.82, 2.24) is 10.3 Å². The molecule has 0 saturated heterocycles. The van der Waals surface area contributed by atoms with E-state index < -0.39 is 0 Å². The molecule has 20 heavy (non-hydrogen) atoms. The summed E-state index contributed by atoms with van der Waals surface area (Å²) in [6, 6.07) is 12.5. The molecule has 2 heterocycles. The molecule has 0 amide bonds. The molecule has 2 nitrogen and oxygen atoms in total. The molecular weight excluding hydrogens is 288 g/mol. The van der Waals surface area contributed by atoms with Gasteiger partial charge < -0.3 is 5.32 Å². The van der Waals surface area contributed by atoms with Gasteiger partial charge in [-0.25, -0.2) is 0 Å². The second-order valence-corrected chi connectivity index (χ2v) is 6.13. The number of hydrogen-bond donors (Lipinski definition) is 1. The van der Waals surface area contributed by atoms with Gasteiger partial charge in [0.05, 0.1) is 10.2 Å². The molecule has 1 N–H and O–H groups in total. The summed E-state index contributed by atoms with van der Waals surface area (Å²) >= 11 is 7.78. The van der Waals surface area contributed by atoms with Gasteiger partial charge in [-0.3, -0.25) is 4.98 Å². The fourth-order valence-corrected chi connectivity index (χ4v) is 3.34. The van der Waals surface area contributed by atoms with Crippen LogP contribution in [0, 0.1) is 0 Å². The minimum atomic E-state index is 0.243. The molecule has 0 radical (unpaired) electrons. The SMILES string of the molecule is CNC(Cc1cccc(Cl)c1)c1cnc2ccsc2c1. The predicted octanol–water partition coefficient (Wildman–Crippen LogP) is 4.45. The third kappa shape index (κ3) is 2.85. The highest BCUT2D eigenvalue weighted by atomic mass is 35.5. The quantitative estimate of drug-likeness (QED) is 0.770. The summed E-state index contributed by atoms with van der Waals surface area (Å²) in [5, 5.41) is 6.22. The molecular formula is C16H15ClN2S. The van der Waals surface area contributed by atoms with E-state index in [0.29, 0.717) is 0 Å². The van der Waals surface area contributed by atoms with E-state index in [4.69, 9.17) is 11.6 Å². The van der Waals surface area contributed by atoms with Gasteiger partial charge in [0, 0.05) is 17.3 Å². The van der Waals surface area contributed by atoms with Crippen LogP contribution in [0.15, 0.2) is 48.0 Å². The maximum atomic E-state index is 6.05. The molecule has 102 valence electrons. The Kier molecular flexibility index (Phi) is 4.01. The number of nitrogens with one attached hydrogen (secondary N) is 1. The first-order valence-electron chi connectivity index (χ1n) is 6.51. The molecule has 1 atom stereocenters. The van der Waals surface area contributed by atoms with E-state index in [0.717, 1.165) is 17.0 Å². The van der Waals surface area contributed by atoms with E-state index in [-0.39, 0.29) is 6.04 Å². The lowest BCUT2D eigenvalue weighted by Crippen LogP contribution is -2.19. The van der Waals surface area contributed by atoms with E-state index in [1.807, 2.05) is 31.4 Å². The zero-order valence-electron chi connectivity index (χ0n) is 11.1. The first-order chi connectivity index (χ1) is 9.76. The highest BCUT2D eigenvalue weighted by Crippen LogP contribution is 2.25. The molecule has 3 rings (SSSR count). The summed E-state index contributed by atoms with van der Waals surface area (Å²) in [4.78, 5) is 4.51. The molecule has 2 aromatic heterocycles. The Hall–Kier alpha value is -1.42. The zero-order chi connectivity index (χ0) is 13.9. The summed E-state index contributed by atoms with van der Waals surface area (Å²) in [5.41, 5.74) is 3.50. The van der Waals surface area contributed by atoms with Gasteiger partial charge in [-0.1, -0.05) is 23.7 Å². The number of benzene rings is 1. The van der Waals surface area contributed by atoms with Crippen LogP contribution in [0.2, 0.25) is 5.02 Å². The number of halogens is 1. The van der Waals surface area contributed by atoms with Gasteiger partial charge in [-0.15, -0.1) is 11.3 Å². The standard InChI is InChI=1S/C16H15ClN2S/c1-18-15(8-11-3-2-4-13(17)7-11)12-9-16-14(19-10-12)5-6-20-16/h2-7,9-10,15,18H,8H2,1H3. The van der Waals surface area contributed by atoms with E-state index in [1.165, 1.54) is 15.8 Å². The second-order valence-electron chi connectivity index (χ2n) is 4.75. The minimum Gasteiger partial charge on any atom is -0.313 e. The third-order valence-corrected chi connectivity index (χ3v) is 4.49. The van der Waals surface area contributed by atoms with E-state index >= 15 is 0 Å². The molecule has 0 saturated carbocycles. The Bertz CT molecular complexity index is 723. The van der Waals surface area contributed by atoms with E-state index in [2.05, 4.69) is 33.9 Å². The Labute approximate surface area is 127 Å². The smallest absolute Gasteiger partial charge is 0.0809 e. The van der Waals surface area contributed by atoms with Gasteiger partial charge in [-0.2, -0.15) is 0 Å². The Morgan fingerprint density at radius 3 is 3.00 bits per heavy atom. The highest BCUT2D eigenvalue weighted by Gasteiger charge is 2.12. The van der Waals surface area contributed by atoms with Crippen LogP contribution in [0.3, 0.4) is 0 Å². The first-order valence-corrected chi connectivity index (χ1v) is 7.77. The number of thiophene rings is 1. The van der Waals surface area contributed by atoms with E-state index in [9.17, 15) is 0 Å². The van der Waals surface area contributed by atoms with Crippen molar-refractivity contribution in [3.63, 3.8) is 0 Å². The van der Waals surface area contributed by atoms with Crippen LogP contribution in [0.5, 0.6) is 0 Å². The largest absolute Gasteiger partial charge is 0.313 e. The molecule has 3 aromatic rings. The minimum absolute atomic E-state index is 0.243. The summed E-state index contributed by atoms with van der Waals surface area (Å²) < 4.78 is 1.23. The van der Waals surface area contributed by atoms with Crippen LogP contribution in [0.4, 0.5) is 0 Å². The fourth-order valence-electron chi connectivity index (χ4n) is 2.34. The number of hydrogen-bond acceptors (Lipinski definition) is 3. The maximum Gasteiger partial charge on any atom is 0.0809 e. The molecule has 0 aliphatic carbocycles. The van der Waals surface area contributed by atoms with Crippen molar-refractivity contribution >= 4 is 33.2 Å². The van der Waals surface area contributed by atoms with Crippen molar-refractivity contribution in [1.29, 1.82) is 0 Å². The van der Waals surface area contributed by atoms with Crippen LogP contribution < -0.4 is 5.32 Å².